The number of nitrogens with zero attached hydrogens (tertiary/aromatic N) is 2. The summed E-state index contributed by atoms with van der Waals surface area (Å²) in [5.74, 6) is -1.23. The maximum atomic E-state index is 14.7. The van der Waals surface area contributed by atoms with E-state index in [-0.39, 0.29) is 29.7 Å². The van der Waals surface area contributed by atoms with Gasteiger partial charge in [-0.25, -0.2) is 18.2 Å². The first-order valence-corrected chi connectivity index (χ1v) is 12.3. The summed E-state index contributed by atoms with van der Waals surface area (Å²) < 4.78 is 53.2. The number of methoxy groups -OCH3 is 1. The number of aliphatic hydroxyl groups excluding tert-OH is 2. The third kappa shape index (κ3) is 6.96. The normalized spacial score (nSPS) is 20.9. The topological polar surface area (TPSA) is 96.7 Å². The monoisotopic (exact) mass is 529 g/mol. The Labute approximate surface area is 218 Å². The van der Waals surface area contributed by atoms with E-state index < -0.39 is 36.3 Å². The van der Waals surface area contributed by atoms with Gasteiger partial charge in [0.15, 0.2) is 5.82 Å². The zero-order valence-electron chi connectivity index (χ0n) is 20.9. The molecule has 1 aliphatic rings. The van der Waals surface area contributed by atoms with Crippen molar-refractivity contribution in [3.8, 4) is 5.88 Å². The van der Waals surface area contributed by atoms with Crippen molar-refractivity contribution < 1.29 is 32.9 Å². The second kappa shape index (κ2) is 13.0. The number of benzene rings is 1. The third-order valence-corrected chi connectivity index (χ3v) is 6.39. The van der Waals surface area contributed by atoms with E-state index in [1.807, 2.05) is 0 Å². The van der Waals surface area contributed by atoms with Crippen LogP contribution in [0.1, 0.15) is 30.4 Å². The van der Waals surface area contributed by atoms with Gasteiger partial charge in [0.05, 0.1) is 43.7 Å². The lowest BCUT2D eigenvalue weighted by molar-refractivity contribution is -0.0714. The summed E-state index contributed by atoms with van der Waals surface area (Å²) in [4.78, 5) is 8.41. The van der Waals surface area contributed by atoms with Crippen LogP contribution >= 0.6 is 0 Å². The summed E-state index contributed by atoms with van der Waals surface area (Å²) >= 11 is 0. The molecule has 0 bridgehead atoms. The quantitative estimate of drug-likeness (QED) is 0.365. The SMILES string of the molecule is COc1ccc2ncc(F)c(/C=C/[C@@H]3CC[C@@H](NC/C=C/c4cc(F)ccc4F)C(C[C@@H](O)CO)O3)c2n1. The van der Waals surface area contributed by atoms with E-state index in [4.69, 9.17) is 9.47 Å². The van der Waals surface area contributed by atoms with Crippen LogP contribution in [-0.4, -0.2) is 64.8 Å². The summed E-state index contributed by atoms with van der Waals surface area (Å²) in [7, 11) is 1.48. The maximum absolute atomic E-state index is 14.7. The molecule has 38 heavy (non-hydrogen) atoms. The number of hydrogen-bond donors (Lipinski definition) is 3. The van der Waals surface area contributed by atoms with Crippen molar-refractivity contribution in [2.24, 2.45) is 0 Å². The molecule has 0 spiro atoms. The van der Waals surface area contributed by atoms with Crippen molar-refractivity contribution in [2.45, 2.75) is 43.6 Å². The van der Waals surface area contributed by atoms with E-state index in [2.05, 4.69) is 15.3 Å². The van der Waals surface area contributed by atoms with Crippen LogP contribution in [0.2, 0.25) is 0 Å². The largest absolute Gasteiger partial charge is 0.481 e. The van der Waals surface area contributed by atoms with Crippen LogP contribution in [0.5, 0.6) is 5.88 Å². The highest BCUT2D eigenvalue weighted by Crippen LogP contribution is 2.27. The highest BCUT2D eigenvalue weighted by molar-refractivity contribution is 5.84. The van der Waals surface area contributed by atoms with Gasteiger partial charge in [-0.15, -0.1) is 0 Å². The Balaban J connectivity index is 1.44. The average Bonchev–Trinajstić information content (AvgIpc) is 2.92. The Kier molecular flexibility index (Phi) is 9.46. The first-order chi connectivity index (χ1) is 18.4. The smallest absolute Gasteiger partial charge is 0.213 e. The van der Waals surface area contributed by atoms with Crippen molar-refractivity contribution in [2.75, 3.05) is 20.3 Å². The van der Waals surface area contributed by atoms with Gasteiger partial charge in [-0.1, -0.05) is 24.3 Å². The molecule has 1 fully saturated rings. The molecule has 3 N–H and O–H groups in total. The average molecular weight is 530 g/mol. The standard InChI is InChI=1S/C28H30F3N3O4/c1-37-27-11-10-25-28(34-27)21(23(31)15-33-25)7-5-20-6-9-24(26(38-20)14-19(36)16-35)32-12-2-3-17-13-18(29)4-8-22(17)30/h2-5,7-8,10-11,13,15,19-20,24,26,32,35-36H,6,9,12,14,16H2,1H3/b3-2+,7-5+/t19-,20-,24-,26?/m1/s1. The molecule has 1 unspecified atom stereocenters. The molecule has 1 aliphatic heterocycles. The number of aliphatic hydroxyl groups is 2. The lowest BCUT2D eigenvalue weighted by Gasteiger charge is -2.37. The summed E-state index contributed by atoms with van der Waals surface area (Å²) in [6.45, 7) is -0.0501. The summed E-state index contributed by atoms with van der Waals surface area (Å²) in [6, 6.07) is 6.45. The highest BCUT2D eigenvalue weighted by atomic mass is 19.1. The molecule has 0 radical (unpaired) electrons. The van der Waals surface area contributed by atoms with Crippen molar-refractivity contribution in [1.29, 1.82) is 0 Å². The van der Waals surface area contributed by atoms with Crippen molar-refractivity contribution in [3.63, 3.8) is 0 Å². The second-order valence-corrected chi connectivity index (χ2v) is 9.05. The minimum atomic E-state index is -0.970. The zero-order valence-corrected chi connectivity index (χ0v) is 20.9. The van der Waals surface area contributed by atoms with Crippen molar-refractivity contribution in [1.82, 2.24) is 15.3 Å². The Morgan fingerprint density at radius 3 is 2.79 bits per heavy atom. The van der Waals surface area contributed by atoms with E-state index in [1.165, 1.54) is 13.2 Å². The fourth-order valence-corrected chi connectivity index (χ4v) is 4.42. The summed E-state index contributed by atoms with van der Waals surface area (Å²) in [5, 5.41) is 22.7. The highest BCUT2D eigenvalue weighted by Gasteiger charge is 2.31. The number of halogens is 3. The van der Waals surface area contributed by atoms with Gasteiger partial charge in [0.1, 0.15) is 17.2 Å². The third-order valence-electron chi connectivity index (χ3n) is 6.39. The van der Waals surface area contributed by atoms with E-state index in [9.17, 15) is 23.4 Å². The maximum Gasteiger partial charge on any atom is 0.213 e. The van der Waals surface area contributed by atoms with E-state index >= 15 is 0 Å². The first kappa shape index (κ1) is 27.7. The van der Waals surface area contributed by atoms with Gasteiger partial charge >= 0.3 is 0 Å². The molecule has 2 aromatic heterocycles. The van der Waals surface area contributed by atoms with E-state index in [0.717, 1.165) is 24.4 Å². The molecular weight excluding hydrogens is 499 g/mol. The predicted molar refractivity (Wildman–Crippen MR) is 138 cm³/mol. The molecule has 10 heteroatoms. The molecular formula is C28H30F3N3O4. The molecule has 4 atom stereocenters. The zero-order chi connectivity index (χ0) is 27.1. The van der Waals surface area contributed by atoms with Gasteiger partial charge in [-0.3, -0.25) is 4.98 Å². The Bertz CT molecular complexity index is 1300. The minimum Gasteiger partial charge on any atom is -0.481 e. The first-order valence-electron chi connectivity index (χ1n) is 12.3. The van der Waals surface area contributed by atoms with E-state index in [1.54, 1.807) is 30.4 Å². The molecule has 202 valence electrons. The lowest BCUT2D eigenvalue weighted by atomic mass is 9.94. The molecule has 7 nitrogen and oxygen atoms in total. The Morgan fingerprint density at radius 1 is 1.16 bits per heavy atom. The number of rotatable bonds is 10. The molecule has 3 heterocycles. The number of hydrogen-bond acceptors (Lipinski definition) is 7. The van der Waals surface area contributed by atoms with Crippen LogP contribution in [0.4, 0.5) is 13.2 Å². The lowest BCUT2D eigenvalue weighted by Crippen LogP contribution is -2.48. The number of aromatic nitrogens is 2. The molecule has 1 aromatic carbocycles. The van der Waals surface area contributed by atoms with Gasteiger partial charge < -0.3 is 25.0 Å². The summed E-state index contributed by atoms with van der Waals surface area (Å²) in [6.07, 6.45) is 7.37. The Hall–Kier alpha value is -3.31. The number of ether oxygens (including phenoxy) is 2. The van der Waals surface area contributed by atoms with Crippen LogP contribution in [0.25, 0.3) is 23.2 Å². The van der Waals surface area contributed by atoms with Crippen LogP contribution in [-0.2, 0) is 4.74 Å². The molecule has 0 aliphatic carbocycles. The van der Waals surface area contributed by atoms with Gasteiger partial charge in [0, 0.05) is 36.2 Å². The Morgan fingerprint density at radius 2 is 2.00 bits per heavy atom. The van der Waals surface area contributed by atoms with Crippen LogP contribution in [0.15, 0.2) is 48.7 Å². The van der Waals surface area contributed by atoms with Crippen molar-refractivity contribution >= 4 is 23.2 Å². The number of pyridine rings is 2. The van der Waals surface area contributed by atoms with Crippen molar-refractivity contribution in [3.05, 3.63) is 77.3 Å². The van der Waals surface area contributed by atoms with Crippen LogP contribution in [0.3, 0.4) is 0 Å². The predicted octanol–water partition coefficient (Wildman–Crippen LogP) is 4.03. The fourth-order valence-electron chi connectivity index (χ4n) is 4.42. The number of fused-ring (bicyclic) bond motifs is 1. The van der Waals surface area contributed by atoms with Crippen LogP contribution in [0, 0.1) is 17.5 Å². The van der Waals surface area contributed by atoms with Gasteiger partial charge in [-0.2, -0.15) is 0 Å². The molecule has 3 aromatic rings. The van der Waals surface area contributed by atoms with Gasteiger partial charge in [0.2, 0.25) is 5.88 Å². The second-order valence-electron chi connectivity index (χ2n) is 9.05. The fraction of sp³-hybridized carbons (Fsp3) is 0.357. The molecule has 1 saturated heterocycles. The number of nitrogens with one attached hydrogen (secondary N) is 1. The molecule has 4 rings (SSSR count). The van der Waals surface area contributed by atoms with Gasteiger partial charge in [0.25, 0.3) is 0 Å². The summed E-state index contributed by atoms with van der Waals surface area (Å²) in [5.41, 5.74) is 1.30. The molecule has 0 amide bonds. The minimum absolute atomic E-state index is 0.145. The molecule has 0 saturated carbocycles. The van der Waals surface area contributed by atoms with E-state index in [0.29, 0.717) is 36.3 Å². The van der Waals surface area contributed by atoms with Crippen LogP contribution < -0.4 is 10.1 Å². The van der Waals surface area contributed by atoms with Gasteiger partial charge in [-0.05, 0) is 37.1 Å².